The van der Waals surface area contributed by atoms with E-state index in [9.17, 15) is 0 Å². The van der Waals surface area contributed by atoms with Gasteiger partial charge in [-0.15, -0.1) is 0 Å². The zero-order valence-electron chi connectivity index (χ0n) is 33.7. The second-order valence-electron chi connectivity index (χ2n) is 18.1. The van der Waals surface area contributed by atoms with Crippen LogP contribution in [0.15, 0.2) is 143 Å². The molecule has 0 spiro atoms. The number of allylic oxidation sites excluding steroid dienone is 8. The normalized spacial score (nSPS) is 25.5. The molecule has 56 heavy (non-hydrogen) atoms. The van der Waals surface area contributed by atoms with Gasteiger partial charge in [0, 0.05) is 11.8 Å². The van der Waals surface area contributed by atoms with Gasteiger partial charge in [-0.25, -0.2) is 0 Å². The van der Waals surface area contributed by atoms with Gasteiger partial charge in [0.1, 0.15) is 11.5 Å². The molecule has 6 aliphatic rings. The summed E-state index contributed by atoms with van der Waals surface area (Å²) in [5.74, 6) is 3.01. The summed E-state index contributed by atoms with van der Waals surface area (Å²) in [6.07, 6.45) is 21.3. The number of rotatable bonds is 10. The van der Waals surface area contributed by atoms with Crippen LogP contribution < -0.4 is 9.47 Å². The second kappa shape index (κ2) is 15.2. The van der Waals surface area contributed by atoms with Gasteiger partial charge in [0.25, 0.3) is 0 Å². The van der Waals surface area contributed by atoms with Crippen molar-refractivity contribution in [3.8, 4) is 33.8 Å². The smallest absolute Gasteiger partial charge is 0.119 e. The molecule has 0 aromatic heterocycles. The Balaban J connectivity index is 0.884. The van der Waals surface area contributed by atoms with Crippen molar-refractivity contribution in [2.45, 2.75) is 133 Å². The van der Waals surface area contributed by atoms with Gasteiger partial charge in [-0.1, -0.05) is 127 Å². The van der Waals surface area contributed by atoms with Gasteiger partial charge < -0.3 is 9.47 Å². The minimum atomic E-state index is -1.28. The van der Waals surface area contributed by atoms with Crippen molar-refractivity contribution in [2.75, 3.05) is 0 Å². The monoisotopic (exact) mass is 754 g/mol. The van der Waals surface area contributed by atoms with Crippen LogP contribution in [0.1, 0.15) is 114 Å². The summed E-state index contributed by atoms with van der Waals surface area (Å²) >= 11 is 0. The second-order valence-corrected chi connectivity index (χ2v) is 21.1. The number of hydrogen-bond acceptors (Lipinski definition) is 2. The molecule has 0 saturated heterocycles. The maximum atomic E-state index is 6.00. The fourth-order valence-electron chi connectivity index (χ4n) is 11.0. The maximum absolute atomic E-state index is 6.00. The molecular weight excluding hydrogens is 697 g/mol. The molecule has 0 radical (unpaired) electrons. The fraction of sp³-hybridized carbons (Fsp3) is 0.396. The highest BCUT2D eigenvalue weighted by Gasteiger charge is 2.42. The summed E-state index contributed by atoms with van der Waals surface area (Å²) < 4.78 is 12.0. The molecule has 6 aliphatic carbocycles. The van der Waals surface area contributed by atoms with Gasteiger partial charge in [-0.3, -0.25) is 0 Å². The molecule has 4 aromatic rings. The molecular formula is C53H58O2Si. The lowest BCUT2D eigenvalue weighted by molar-refractivity contribution is 0.303. The molecule has 10 rings (SSSR count). The Bertz CT molecular complexity index is 2030. The summed E-state index contributed by atoms with van der Waals surface area (Å²) in [5, 5.41) is 0. The minimum Gasteiger partial charge on any atom is -0.490 e. The average molecular weight is 755 g/mol. The molecule has 3 heteroatoms. The predicted octanol–water partition coefficient (Wildman–Crippen LogP) is 14.2. The molecule has 2 fully saturated rings. The Morgan fingerprint density at radius 3 is 1.16 bits per heavy atom. The number of ether oxygens (including phenoxy) is 2. The Labute approximate surface area is 337 Å². The number of benzene rings is 4. The third kappa shape index (κ3) is 7.21. The van der Waals surface area contributed by atoms with Crippen molar-refractivity contribution in [3.63, 3.8) is 0 Å². The zero-order chi connectivity index (χ0) is 37.8. The largest absolute Gasteiger partial charge is 0.490 e. The van der Waals surface area contributed by atoms with Crippen LogP contribution in [-0.2, 0) is 0 Å². The third-order valence-corrected chi connectivity index (χ3v) is 18.0. The van der Waals surface area contributed by atoms with E-state index < -0.39 is 8.80 Å². The highest BCUT2D eigenvalue weighted by Crippen LogP contribution is 2.56. The first-order chi connectivity index (χ1) is 27.5. The lowest BCUT2D eigenvalue weighted by atomic mass is 9.86. The van der Waals surface area contributed by atoms with Crippen molar-refractivity contribution in [1.82, 2.24) is 0 Å². The topological polar surface area (TPSA) is 18.5 Å². The Hall–Kier alpha value is -4.34. The molecule has 2 saturated carbocycles. The highest BCUT2D eigenvalue weighted by atomic mass is 28.3. The van der Waals surface area contributed by atoms with Crippen molar-refractivity contribution < 1.29 is 9.47 Å². The summed E-state index contributed by atoms with van der Waals surface area (Å²) in [4.78, 5) is 0. The molecule has 286 valence electrons. The van der Waals surface area contributed by atoms with E-state index in [1.165, 1.54) is 110 Å². The lowest BCUT2D eigenvalue weighted by Crippen LogP contribution is -2.26. The van der Waals surface area contributed by atoms with Crippen molar-refractivity contribution in [2.24, 2.45) is 0 Å². The van der Waals surface area contributed by atoms with E-state index in [0.29, 0.717) is 35.1 Å². The van der Waals surface area contributed by atoms with E-state index >= 15 is 0 Å². The number of hydrogen-bond donors (Lipinski definition) is 0. The quantitative estimate of drug-likeness (QED) is 0.150. The van der Waals surface area contributed by atoms with E-state index in [1.54, 1.807) is 22.3 Å². The molecule has 0 heterocycles. The van der Waals surface area contributed by atoms with Gasteiger partial charge in [0.05, 0.1) is 21.0 Å². The minimum absolute atomic E-state index is 0.436. The zero-order valence-corrected chi connectivity index (χ0v) is 34.9. The van der Waals surface area contributed by atoms with Crippen LogP contribution >= 0.6 is 0 Å². The molecule has 4 unspecified atom stereocenters. The van der Waals surface area contributed by atoms with Crippen LogP contribution in [0.2, 0.25) is 17.6 Å². The van der Waals surface area contributed by atoms with Crippen LogP contribution in [-0.4, -0.2) is 21.0 Å². The molecule has 0 bridgehead atoms. The fourth-order valence-corrected chi connectivity index (χ4v) is 15.2. The van der Waals surface area contributed by atoms with Gasteiger partial charge in [-0.2, -0.15) is 0 Å². The standard InChI is InChI=1S/C53H58O2Si/c1-34-32-50-46(40-16-12-36(13-17-40)38-20-24-42(25-21-38)54-44-28-29-44)8-4-6-10-48(50)52(34)56(3)53-35(2)33-51-47(9-5-7-11-49(51)53)41-18-14-37(15-19-41)39-22-26-43(27-23-39)55-45-30-31-45/h12-27,32-33,44-47,52-53,56H,4-11,28-31H2,1-3H3. The van der Waals surface area contributed by atoms with Crippen LogP contribution in [0.5, 0.6) is 11.5 Å². The van der Waals surface area contributed by atoms with E-state index in [2.05, 4.69) is 130 Å². The van der Waals surface area contributed by atoms with Gasteiger partial charge in [0.2, 0.25) is 0 Å². The van der Waals surface area contributed by atoms with Crippen LogP contribution in [0.3, 0.4) is 0 Å². The first kappa shape index (κ1) is 36.0. The molecule has 2 nitrogen and oxygen atoms in total. The summed E-state index contributed by atoms with van der Waals surface area (Å²) in [5.41, 5.74) is 19.7. The van der Waals surface area contributed by atoms with Crippen LogP contribution in [0, 0.1) is 0 Å². The summed E-state index contributed by atoms with van der Waals surface area (Å²) in [6.45, 7) is 7.70. The third-order valence-electron chi connectivity index (χ3n) is 14.1. The van der Waals surface area contributed by atoms with Gasteiger partial charge in [-0.05, 0) is 158 Å². The van der Waals surface area contributed by atoms with E-state index in [-0.39, 0.29) is 0 Å². The first-order valence-electron chi connectivity index (χ1n) is 22.0. The van der Waals surface area contributed by atoms with Crippen molar-refractivity contribution >= 4 is 8.80 Å². The lowest BCUT2D eigenvalue weighted by Gasteiger charge is -2.32. The van der Waals surface area contributed by atoms with E-state index in [0.717, 1.165) is 11.5 Å². The summed E-state index contributed by atoms with van der Waals surface area (Å²) in [6, 6.07) is 36.6. The van der Waals surface area contributed by atoms with E-state index in [4.69, 9.17) is 9.47 Å². The van der Waals surface area contributed by atoms with Crippen molar-refractivity contribution in [3.05, 3.63) is 154 Å². The molecule has 4 atom stereocenters. The average Bonchev–Trinajstić information content (AvgIpc) is 4.16. The van der Waals surface area contributed by atoms with Crippen molar-refractivity contribution in [1.29, 1.82) is 0 Å². The van der Waals surface area contributed by atoms with Gasteiger partial charge in [0.15, 0.2) is 0 Å². The maximum Gasteiger partial charge on any atom is 0.119 e. The molecule has 0 aliphatic heterocycles. The van der Waals surface area contributed by atoms with E-state index in [1.807, 2.05) is 11.1 Å². The van der Waals surface area contributed by atoms with Gasteiger partial charge >= 0.3 is 0 Å². The first-order valence-corrected chi connectivity index (χ1v) is 24.5. The van der Waals surface area contributed by atoms with Crippen LogP contribution in [0.25, 0.3) is 22.3 Å². The Kier molecular flexibility index (Phi) is 9.78. The Morgan fingerprint density at radius 1 is 0.446 bits per heavy atom. The predicted molar refractivity (Wildman–Crippen MR) is 236 cm³/mol. The molecule has 4 aromatic carbocycles. The summed E-state index contributed by atoms with van der Waals surface area (Å²) in [7, 11) is -1.28. The SMILES string of the molecule is CC1=CC2=C(CCCCC2c2ccc(-c3ccc(OC4CC4)cc3)cc2)C1[SiH](C)C1C(C)=CC2=C1CCCCC2c1ccc(-c2ccc(OC3CC3)cc2)cc1. The Morgan fingerprint density at radius 2 is 0.804 bits per heavy atom. The highest BCUT2D eigenvalue weighted by molar-refractivity contribution is 6.64. The molecule has 0 amide bonds. The molecule has 0 N–H and O–H groups in total. The van der Waals surface area contributed by atoms with Crippen LogP contribution in [0.4, 0.5) is 0 Å².